The maximum Gasteiger partial charge on any atom is 0.341 e. The van der Waals surface area contributed by atoms with Gasteiger partial charge in [-0.05, 0) is 51.2 Å². The normalized spacial score (nSPS) is 16.1. The molecule has 9 heteroatoms. The highest BCUT2D eigenvalue weighted by Crippen LogP contribution is 2.50. The lowest BCUT2D eigenvalue weighted by Crippen LogP contribution is -2.43. The Bertz CT molecular complexity index is 1350. The summed E-state index contributed by atoms with van der Waals surface area (Å²) in [5.41, 5.74) is 6.08. The molecule has 1 aliphatic carbocycles. The van der Waals surface area contributed by atoms with Crippen LogP contribution in [0.1, 0.15) is 53.8 Å². The Hall–Kier alpha value is -3.62. The van der Waals surface area contributed by atoms with E-state index in [2.05, 4.69) is 10.3 Å². The van der Waals surface area contributed by atoms with Crippen LogP contribution in [-0.4, -0.2) is 33.8 Å². The summed E-state index contributed by atoms with van der Waals surface area (Å²) in [5.74, 6) is -1.92. The predicted molar refractivity (Wildman–Crippen MR) is 127 cm³/mol. The summed E-state index contributed by atoms with van der Waals surface area (Å²) in [4.78, 5) is 29.6. The Morgan fingerprint density at radius 2 is 2.15 bits per heavy atom. The lowest BCUT2D eigenvalue weighted by molar-refractivity contribution is 0.0690. The molecule has 1 spiro atoms. The number of benzene rings is 1. The summed E-state index contributed by atoms with van der Waals surface area (Å²) in [6.45, 7) is 2.41. The minimum atomic E-state index is -1.34. The topological polar surface area (TPSA) is 119 Å². The van der Waals surface area contributed by atoms with Crippen LogP contribution in [0.3, 0.4) is 0 Å². The van der Waals surface area contributed by atoms with E-state index < -0.39 is 17.2 Å². The summed E-state index contributed by atoms with van der Waals surface area (Å²) in [5, 5.41) is 12.8. The molecule has 0 amide bonds. The van der Waals surface area contributed by atoms with Crippen molar-refractivity contribution in [1.29, 1.82) is 0 Å². The van der Waals surface area contributed by atoms with Crippen molar-refractivity contribution in [2.75, 3.05) is 24.2 Å². The van der Waals surface area contributed by atoms with Crippen molar-refractivity contribution >= 4 is 28.2 Å². The number of nitrogens with zero attached hydrogens (tertiary/aromatic N) is 2. The molecule has 1 aromatic carbocycles. The summed E-state index contributed by atoms with van der Waals surface area (Å²) < 4.78 is 23.5. The van der Waals surface area contributed by atoms with Crippen molar-refractivity contribution in [2.24, 2.45) is 0 Å². The van der Waals surface area contributed by atoms with E-state index in [1.807, 2.05) is 22.8 Å². The van der Waals surface area contributed by atoms with E-state index in [0.717, 1.165) is 25.0 Å². The van der Waals surface area contributed by atoms with Gasteiger partial charge in [0.1, 0.15) is 11.3 Å². The van der Waals surface area contributed by atoms with Gasteiger partial charge in [-0.25, -0.2) is 9.18 Å². The average Bonchev–Trinajstić information content (AvgIpc) is 2.96. The number of halogens is 1. The number of carboxylic acid groups (broad SMARTS) is 1. The fourth-order valence-electron chi connectivity index (χ4n) is 5.40. The van der Waals surface area contributed by atoms with Gasteiger partial charge >= 0.3 is 5.97 Å². The summed E-state index contributed by atoms with van der Waals surface area (Å²) in [7, 11) is 0. The van der Waals surface area contributed by atoms with Crippen molar-refractivity contribution in [3.8, 4) is 5.75 Å². The van der Waals surface area contributed by atoms with Gasteiger partial charge in [0.25, 0.3) is 0 Å². The molecule has 1 fully saturated rings. The van der Waals surface area contributed by atoms with Gasteiger partial charge in [0, 0.05) is 36.1 Å². The third kappa shape index (κ3) is 3.29. The molecule has 2 aromatic heterocycles. The van der Waals surface area contributed by atoms with E-state index in [9.17, 15) is 14.7 Å². The van der Waals surface area contributed by atoms with Crippen LogP contribution in [0.2, 0.25) is 0 Å². The molecule has 0 saturated heterocycles. The first kappa shape index (κ1) is 22.2. The van der Waals surface area contributed by atoms with Gasteiger partial charge in [-0.15, -0.1) is 0 Å². The molecule has 5 rings (SSSR count). The smallest absolute Gasteiger partial charge is 0.341 e. The molecule has 4 N–H and O–H groups in total. The molecule has 1 saturated carbocycles. The number of aryl methyl sites for hydroxylation is 1. The summed E-state index contributed by atoms with van der Waals surface area (Å²) in [6, 6.07) is 5.71. The molecule has 3 aromatic rings. The SMILES string of the molecule is Cc1c(C(=O)O)c(=O)c2c(N)c(F)c(NCCCc3ccccn3)c3c2n1C1(CCC1)CCO3. The van der Waals surface area contributed by atoms with Crippen LogP contribution in [0.5, 0.6) is 5.75 Å². The predicted octanol–water partition coefficient (Wildman–Crippen LogP) is 3.83. The number of ether oxygens (including phenoxy) is 1. The molecule has 0 atom stereocenters. The van der Waals surface area contributed by atoms with E-state index in [-0.39, 0.29) is 33.6 Å². The summed E-state index contributed by atoms with van der Waals surface area (Å²) >= 11 is 0. The minimum Gasteiger partial charge on any atom is -0.489 e. The van der Waals surface area contributed by atoms with Gasteiger partial charge < -0.3 is 25.5 Å². The zero-order chi connectivity index (χ0) is 24.0. The van der Waals surface area contributed by atoms with E-state index in [1.54, 1.807) is 13.1 Å². The highest BCUT2D eigenvalue weighted by molar-refractivity contribution is 6.04. The fraction of sp³-hybridized carbons (Fsp3) is 0.400. The Labute approximate surface area is 195 Å². The average molecular weight is 467 g/mol. The highest BCUT2D eigenvalue weighted by Gasteiger charge is 2.44. The fourth-order valence-corrected chi connectivity index (χ4v) is 5.40. The molecule has 178 valence electrons. The largest absolute Gasteiger partial charge is 0.489 e. The van der Waals surface area contributed by atoms with E-state index in [1.165, 1.54) is 0 Å². The lowest BCUT2D eigenvalue weighted by atomic mass is 9.73. The van der Waals surface area contributed by atoms with Crippen LogP contribution in [0, 0.1) is 12.7 Å². The number of rotatable bonds is 6. The van der Waals surface area contributed by atoms with Gasteiger partial charge in [0.2, 0.25) is 5.43 Å². The lowest BCUT2D eigenvalue weighted by Gasteiger charge is -2.45. The molecule has 3 heterocycles. The number of nitrogens with one attached hydrogen (secondary N) is 1. The standard InChI is InChI=1S/C25H27FN4O4/c1-14-16(24(32)33)22(31)17-19(27)18(26)20(29-12-4-7-15-6-2-3-11-28-15)23-21(17)30(14)25(8-5-9-25)10-13-34-23/h2-3,6,11,29H,4-5,7-10,12-13,27H2,1H3,(H,32,33). The first-order valence-electron chi connectivity index (χ1n) is 11.6. The molecular weight excluding hydrogens is 439 g/mol. The first-order valence-corrected chi connectivity index (χ1v) is 11.6. The third-order valence-corrected chi connectivity index (χ3v) is 7.20. The number of aromatic nitrogens is 2. The number of fused-ring (bicyclic) bond motifs is 1. The Morgan fingerprint density at radius 1 is 1.35 bits per heavy atom. The number of hydrogen-bond acceptors (Lipinski definition) is 6. The van der Waals surface area contributed by atoms with Crippen molar-refractivity contribution in [3.63, 3.8) is 0 Å². The van der Waals surface area contributed by atoms with Crippen LogP contribution in [-0.2, 0) is 12.0 Å². The van der Waals surface area contributed by atoms with E-state index >= 15 is 4.39 Å². The van der Waals surface area contributed by atoms with Gasteiger partial charge in [-0.2, -0.15) is 0 Å². The molecular formula is C25H27FN4O4. The second-order valence-corrected chi connectivity index (χ2v) is 9.11. The number of anilines is 2. The molecule has 1 aliphatic heterocycles. The van der Waals surface area contributed by atoms with Gasteiger partial charge in [0.05, 0.1) is 23.2 Å². The minimum absolute atomic E-state index is 0.109. The first-order chi connectivity index (χ1) is 16.4. The number of carboxylic acids is 1. The van der Waals surface area contributed by atoms with Crippen molar-refractivity contribution < 1.29 is 19.0 Å². The van der Waals surface area contributed by atoms with E-state index in [0.29, 0.717) is 43.6 Å². The highest BCUT2D eigenvalue weighted by atomic mass is 19.1. The van der Waals surface area contributed by atoms with Crippen LogP contribution < -0.4 is 21.2 Å². The third-order valence-electron chi connectivity index (χ3n) is 7.20. The number of nitrogens with two attached hydrogens (primary N) is 1. The maximum atomic E-state index is 15.5. The maximum absolute atomic E-state index is 15.5. The number of aromatic carboxylic acids is 1. The Kier molecular flexibility index (Phi) is 5.42. The van der Waals surface area contributed by atoms with Gasteiger partial charge in [-0.1, -0.05) is 6.07 Å². The van der Waals surface area contributed by atoms with Crippen LogP contribution in [0.4, 0.5) is 15.8 Å². The Balaban J connectivity index is 1.65. The monoisotopic (exact) mass is 466 g/mol. The molecule has 0 unspecified atom stereocenters. The number of pyridine rings is 2. The second kappa shape index (κ2) is 8.30. The number of carbonyl (C=O) groups is 1. The van der Waals surface area contributed by atoms with Crippen molar-refractivity contribution in [3.05, 3.63) is 57.4 Å². The number of nitrogen functional groups attached to an aromatic ring is 1. The molecule has 8 nitrogen and oxygen atoms in total. The zero-order valence-electron chi connectivity index (χ0n) is 19.0. The van der Waals surface area contributed by atoms with Crippen molar-refractivity contribution in [2.45, 2.75) is 51.0 Å². The molecule has 0 bridgehead atoms. The van der Waals surface area contributed by atoms with Crippen LogP contribution in [0.25, 0.3) is 10.9 Å². The Morgan fingerprint density at radius 3 is 2.79 bits per heavy atom. The second-order valence-electron chi connectivity index (χ2n) is 9.11. The zero-order valence-corrected chi connectivity index (χ0v) is 19.0. The van der Waals surface area contributed by atoms with E-state index in [4.69, 9.17) is 10.5 Å². The van der Waals surface area contributed by atoms with Crippen molar-refractivity contribution in [1.82, 2.24) is 9.55 Å². The summed E-state index contributed by atoms with van der Waals surface area (Å²) in [6.07, 6.45) is 6.43. The molecule has 0 radical (unpaired) electrons. The molecule has 34 heavy (non-hydrogen) atoms. The van der Waals surface area contributed by atoms with Crippen LogP contribution in [0.15, 0.2) is 29.2 Å². The van der Waals surface area contributed by atoms with Gasteiger partial charge in [0.15, 0.2) is 11.6 Å². The number of hydrogen-bond donors (Lipinski definition) is 3. The van der Waals surface area contributed by atoms with Crippen LogP contribution >= 0.6 is 0 Å². The quantitative estimate of drug-likeness (QED) is 0.373. The van der Waals surface area contributed by atoms with Gasteiger partial charge in [-0.3, -0.25) is 9.78 Å². The molecule has 2 aliphatic rings.